The third-order valence-corrected chi connectivity index (χ3v) is 6.17. The molecular formula is C18H15N5OS3. The average molecular weight is 414 g/mol. The molecule has 0 atom stereocenters. The van der Waals surface area contributed by atoms with Gasteiger partial charge in [0.2, 0.25) is 5.91 Å². The van der Waals surface area contributed by atoms with Gasteiger partial charge in [0.05, 0.1) is 17.2 Å². The van der Waals surface area contributed by atoms with Gasteiger partial charge in [0.25, 0.3) is 0 Å². The molecule has 4 aromatic rings. The second-order valence-corrected chi connectivity index (χ2v) is 8.31. The van der Waals surface area contributed by atoms with Gasteiger partial charge in [-0.3, -0.25) is 9.36 Å². The molecule has 0 spiro atoms. The Kier molecular flexibility index (Phi) is 5.61. The number of thioether (sulfide) groups is 1. The molecule has 0 fully saturated rings. The number of carbonyl (C=O) groups excluding carboxylic acids is 1. The van der Waals surface area contributed by atoms with E-state index in [1.807, 2.05) is 41.1 Å². The molecule has 136 valence electrons. The largest absolute Gasteiger partial charge is 0.301 e. The molecule has 1 aromatic carbocycles. The number of aromatic nitrogens is 4. The lowest BCUT2D eigenvalue weighted by Gasteiger charge is -2.09. The normalized spacial score (nSPS) is 10.8. The maximum absolute atomic E-state index is 12.2. The van der Waals surface area contributed by atoms with Crippen molar-refractivity contribution in [3.8, 4) is 10.7 Å². The first-order valence-electron chi connectivity index (χ1n) is 8.13. The summed E-state index contributed by atoms with van der Waals surface area (Å²) in [5.41, 5.74) is 1.16. The second kappa shape index (κ2) is 8.47. The SMILES string of the molecule is O=C(CSc1nnc(-c2cccs2)n1Cc1ccccc1)Nc1nccs1. The summed E-state index contributed by atoms with van der Waals surface area (Å²) in [6, 6.07) is 14.2. The standard InChI is InChI=1S/C18H15N5OS3/c24-15(20-17-19-8-10-26-17)12-27-18-22-21-16(14-7-4-9-25-14)23(18)11-13-5-2-1-3-6-13/h1-10H,11-12H2,(H,19,20,24). The Balaban J connectivity index is 1.53. The summed E-state index contributed by atoms with van der Waals surface area (Å²) in [5, 5.41) is 16.7. The molecule has 3 heterocycles. The third kappa shape index (κ3) is 4.44. The number of benzene rings is 1. The van der Waals surface area contributed by atoms with E-state index in [0.717, 1.165) is 21.4 Å². The Morgan fingerprint density at radius 1 is 1.07 bits per heavy atom. The van der Waals surface area contributed by atoms with Gasteiger partial charge in [0.15, 0.2) is 16.1 Å². The van der Waals surface area contributed by atoms with Crippen LogP contribution in [0.3, 0.4) is 0 Å². The van der Waals surface area contributed by atoms with Crippen molar-refractivity contribution in [1.82, 2.24) is 19.7 Å². The fourth-order valence-electron chi connectivity index (χ4n) is 2.46. The number of nitrogens with zero attached hydrogens (tertiary/aromatic N) is 4. The van der Waals surface area contributed by atoms with Crippen LogP contribution in [-0.2, 0) is 11.3 Å². The first-order valence-corrected chi connectivity index (χ1v) is 10.9. The monoisotopic (exact) mass is 413 g/mol. The number of rotatable bonds is 7. The van der Waals surface area contributed by atoms with E-state index < -0.39 is 0 Å². The summed E-state index contributed by atoms with van der Waals surface area (Å²) < 4.78 is 2.06. The topological polar surface area (TPSA) is 72.7 Å². The van der Waals surface area contributed by atoms with Gasteiger partial charge < -0.3 is 5.32 Å². The molecular weight excluding hydrogens is 398 g/mol. The lowest BCUT2D eigenvalue weighted by Crippen LogP contribution is -2.14. The molecule has 4 rings (SSSR count). The van der Waals surface area contributed by atoms with Crippen LogP contribution in [0.25, 0.3) is 10.7 Å². The van der Waals surface area contributed by atoms with Crippen LogP contribution in [0, 0.1) is 0 Å². The van der Waals surface area contributed by atoms with Crippen LogP contribution in [0.1, 0.15) is 5.56 Å². The van der Waals surface area contributed by atoms with E-state index in [9.17, 15) is 4.79 Å². The quantitative estimate of drug-likeness (QED) is 0.459. The predicted molar refractivity (Wildman–Crippen MR) is 110 cm³/mol. The molecule has 0 unspecified atom stereocenters. The minimum Gasteiger partial charge on any atom is -0.301 e. The van der Waals surface area contributed by atoms with Crippen molar-refractivity contribution in [2.24, 2.45) is 0 Å². The fourth-order valence-corrected chi connectivity index (χ4v) is 4.46. The van der Waals surface area contributed by atoms with E-state index in [2.05, 4.69) is 37.2 Å². The third-order valence-electron chi connectivity index (χ3n) is 3.65. The van der Waals surface area contributed by atoms with Crippen molar-refractivity contribution < 1.29 is 4.79 Å². The van der Waals surface area contributed by atoms with Gasteiger partial charge in [-0.15, -0.1) is 32.9 Å². The molecule has 6 nitrogen and oxygen atoms in total. The van der Waals surface area contributed by atoms with E-state index in [4.69, 9.17) is 0 Å². The van der Waals surface area contributed by atoms with Crippen LogP contribution >= 0.6 is 34.4 Å². The van der Waals surface area contributed by atoms with Gasteiger partial charge >= 0.3 is 0 Å². The van der Waals surface area contributed by atoms with Crippen molar-refractivity contribution in [2.45, 2.75) is 11.7 Å². The van der Waals surface area contributed by atoms with Crippen molar-refractivity contribution in [1.29, 1.82) is 0 Å². The molecule has 0 aliphatic heterocycles. The molecule has 0 aliphatic carbocycles. The number of carbonyl (C=O) groups is 1. The lowest BCUT2D eigenvalue weighted by atomic mass is 10.2. The predicted octanol–water partition coefficient (Wildman–Crippen LogP) is 4.24. The van der Waals surface area contributed by atoms with Gasteiger partial charge in [-0.1, -0.05) is 48.2 Å². The molecule has 3 aromatic heterocycles. The first-order chi connectivity index (χ1) is 13.3. The zero-order chi connectivity index (χ0) is 18.5. The van der Waals surface area contributed by atoms with Crippen molar-refractivity contribution in [2.75, 3.05) is 11.1 Å². The zero-order valence-corrected chi connectivity index (χ0v) is 16.6. The van der Waals surface area contributed by atoms with Crippen LogP contribution < -0.4 is 5.32 Å². The van der Waals surface area contributed by atoms with Crippen LogP contribution in [0.15, 0.2) is 64.6 Å². The summed E-state index contributed by atoms with van der Waals surface area (Å²) in [4.78, 5) is 17.3. The number of anilines is 1. The Hall–Kier alpha value is -2.49. The molecule has 0 saturated carbocycles. The number of amides is 1. The molecule has 1 amide bonds. The fraction of sp³-hybridized carbons (Fsp3) is 0.111. The van der Waals surface area contributed by atoms with Crippen molar-refractivity contribution in [3.63, 3.8) is 0 Å². The Labute approximate surface area is 168 Å². The zero-order valence-electron chi connectivity index (χ0n) is 14.1. The highest BCUT2D eigenvalue weighted by Gasteiger charge is 2.17. The molecule has 0 aliphatic rings. The highest BCUT2D eigenvalue weighted by atomic mass is 32.2. The molecule has 0 saturated heterocycles. The number of hydrogen-bond acceptors (Lipinski definition) is 7. The lowest BCUT2D eigenvalue weighted by molar-refractivity contribution is -0.113. The highest BCUT2D eigenvalue weighted by molar-refractivity contribution is 7.99. The minimum absolute atomic E-state index is 0.109. The molecule has 0 bridgehead atoms. The smallest absolute Gasteiger partial charge is 0.236 e. The van der Waals surface area contributed by atoms with Gasteiger partial charge in [-0.05, 0) is 17.0 Å². The van der Waals surface area contributed by atoms with Crippen molar-refractivity contribution in [3.05, 3.63) is 65.0 Å². The molecule has 0 radical (unpaired) electrons. The van der Waals surface area contributed by atoms with Crippen molar-refractivity contribution >= 4 is 45.5 Å². The Morgan fingerprint density at radius 2 is 1.96 bits per heavy atom. The highest BCUT2D eigenvalue weighted by Crippen LogP contribution is 2.28. The maximum Gasteiger partial charge on any atom is 0.236 e. The summed E-state index contributed by atoms with van der Waals surface area (Å²) in [7, 11) is 0. The Morgan fingerprint density at radius 3 is 2.70 bits per heavy atom. The van der Waals surface area contributed by atoms with Crippen LogP contribution in [0.4, 0.5) is 5.13 Å². The summed E-state index contributed by atoms with van der Waals surface area (Å²) in [5.74, 6) is 0.954. The van der Waals surface area contributed by atoms with Crippen LogP contribution in [0.2, 0.25) is 0 Å². The number of nitrogens with one attached hydrogen (secondary N) is 1. The van der Waals surface area contributed by atoms with Gasteiger partial charge in [-0.25, -0.2) is 4.98 Å². The van der Waals surface area contributed by atoms with Crippen LogP contribution in [-0.4, -0.2) is 31.4 Å². The van der Waals surface area contributed by atoms with E-state index >= 15 is 0 Å². The number of hydrogen-bond donors (Lipinski definition) is 1. The van der Waals surface area contributed by atoms with Gasteiger partial charge in [0, 0.05) is 11.6 Å². The maximum atomic E-state index is 12.2. The Bertz CT molecular complexity index is 997. The number of thiophene rings is 1. The summed E-state index contributed by atoms with van der Waals surface area (Å²) >= 11 is 4.39. The van der Waals surface area contributed by atoms with E-state index in [-0.39, 0.29) is 11.7 Å². The molecule has 1 N–H and O–H groups in total. The first kappa shape index (κ1) is 17.9. The minimum atomic E-state index is -0.109. The van der Waals surface area contributed by atoms with E-state index in [0.29, 0.717) is 11.7 Å². The number of thiazole rings is 1. The second-order valence-electron chi connectivity index (χ2n) is 5.53. The summed E-state index contributed by atoms with van der Waals surface area (Å²) in [6.45, 7) is 0.650. The van der Waals surface area contributed by atoms with Gasteiger partial charge in [0.1, 0.15) is 0 Å². The van der Waals surface area contributed by atoms with Gasteiger partial charge in [-0.2, -0.15) is 0 Å². The summed E-state index contributed by atoms with van der Waals surface area (Å²) in [6.07, 6.45) is 1.66. The average Bonchev–Trinajstić information content (AvgIpc) is 3.43. The van der Waals surface area contributed by atoms with Crippen LogP contribution in [0.5, 0.6) is 0 Å². The van der Waals surface area contributed by atoms with E-state index in [1.165, 1.54) is 23.1 Å². The van der Waals surface area contributed by atoms with E-state index in [1.54, 1.807) is 17.5 Å². The molecule has 27 heavy (non-hydrogen) atoms. The molecule has 9 heteroatoms.